The lowest BCUT2D eigenvalue weighted by molar-refractivity contribution is -0.115. The lowest BCUT2D eigenvalue weighted by Crippen LogP contribution is -2.12. The highest BCUT2D eigenvalue weighted by atomic mass is 32.2. The van der Waals surface area contributed by atoms with Gasteiger partial charge in [-0.25, -0.2) is 0 Å². The number of anilines is 1. The van der Waals surface area contributed by atoms with Gasteiger partial charge in [0.1, 0.15) is 0 Å². The van der Waals surface area contributed by atoms with Crippen LogP contribution in [0.1, 0.15) is 18.9 Å². The molecule has 4 heteroatoms. The average Bonchev–Trinajstić information content (AvgIpc) is 2.55. The fourth-order valence-electron chi connectivity index (χ4n) is 1.99. The smallest absolute Gasteiger partial charge is 0.225 e. The zero-order valence-electron chi connectivity index (χ0n) is 12.7. The van der Waals surface area contributed by atoms with Crippen LogP contribution >= 0.6 is 23.5 Å². The Balaban J connectivity index is 1.74. The number of benzene rings is 2. The van der Waals surface area contributed by atoms with Crippen LogP contribution in [0.25, 0.3) is 0 Å². The molecule has 0 unspecified atom stereocenters. The summed E-state index contributed by atoms with van der Waals surface area (Å²) in [5.41, 5.74) is 2.23. The maximum absolute atomic E-state index is 12.0. The predicted octanol–water partition coefficient (Wildman–Crippen LogP) is 5.06. The molecule has 2 aromatic rings. The van der Waals surface area contributed by atoms with Crippen molar-refractivity contribution in [3.63, 3.8) is 0 Å². The minimum atomic E-state index is 0.0877. The van der Waals surface area contributed by atoms with Crippen molar-refractivity contribution < 1.29 is 4.79 Å². The summed E-state index contributed by atoms with van der Waals surface area (Å²) in [4.78, 5) is 13.2. The van der Waals surface area contributed by atoms with E-state index in [1.165, 1.54) is 5.56 Å². The normalized spacial score (nSPS) is 10.4. The Kier molecular flexibility index (Phi) is 7.40. The molecule has 0 saturated heterocycles. The van der Waals surface area contributed by atoms with Crippen LogP contribution in [0, 0.1) is 0 Å². The van der Waals surface area contributed by atoms with Gasteiger partial charge >= 0.3 is 0 Å². The molecule has 0 saturated carbocycles. The highest BCUT2D eigenvalue weighted by molar-refractivity contribution is 7.99. The fourth-order valence-corrected chi connectivity index (χ4v) is 3.66. The number of carbonyl (C=O) groups excluding carboxylic acids is 1. The van der Waals surface area contributed by atoms with Crippen LogP contribution in [0.3, 0.4) is 0 Å². The highest BCUT2D eigenvalue weighted by Crippen LogP contribution is 2.26. The van der Waals surface area contributed by atoms with E-state index in [4.69, 9.17) is 0 Å². The molecule has 0 heterocycles. The molecular formula is C18H21NOS2. The Morgan fingerprint density at radius 2 is 1.77 bits per heavy atom. The third-order valence-electron chi connectivity index (χ3n) is 3.05. The zero-order chi connectivity index (χ0) is 15.6. The standard InChI is InChI=1S/C18H21NOS2/c1-2-22-17-11-7-6-10-16(17)19-18(20)12-13-21-14-15-8-4-3-5-9-15/h3-11H,2,12-14H2,1H3,(H,19,20). The Morgan fingerprint density at radius 3 is 2.55 bits per heavy atom. The highest BCUT2D eigenvalue weighted by Gasteiger charge is 2.06. The largest absolute Gasteiger partial charge is 0.325 e. The van der Waals surface area contributed by atoms with Gasteiger partial charge in [0.25, 0.3) is 0 Å². The van der Waals surface area contributed by atoms with Crippen molar-refractivity contribution in [1.82, 2.24) is 0 Å². The van der Waals surface area contributed by atoms with Crippen molar-refractivity contribution in [2.24, 2.45) is 0 Å². The van der Waals surface area contributed by atoms with Crippen LogP contribution in [-0.4, -0.2) is 17.4 Å². The second-order valence-electron chi connectivity index (χ2n) is 4.77. The minimum Gasteiger partial charge on any atom is -0.325 e. The number of thioether (sulfide) groups is 2. The first kappa shape index (κ1) is 17.0. The Morgan fingerprint density at radius 1 is 1.05 bits per heavy atom. The summed E-state index contributed by atoms with van der Waals surface area (Å²) in [7, 11) is 0. The van der Waals surface area contributed by atoms with E-state index in [9.17, 15) is 4.79 Å². The van der Waals surface area contributed by atoms with Crippen molar-refractivity contribution in [2.45, 2.75) is 24.0 Å². The van der Waals surface area contributed by atoms with Crippen molar-refractivity contribution >= 4 is 35.1 Å². The Labute approximate surface area is 141 Å². The third-order valence-corrected chi connectivity index (χ3v) is 5.03. The Hall–Kier alpha value is -1.39. The molecule has 0 aromatic heterocycles. The number of para-hydroxylation sites is 1. The van der Waals surface area contributed by atoms with Gasteiger partial charge in [0.2, 0.25) is 5.91 Å². The lowest BCUT2D eigenvalue weighted by Gasteiger charge is -2.10. The first-order valence-corrected chi connectivity index (χ1v) is 9.57. The summed E-state index contributed by atoms with van der Waals surface area (Å²) < 4.78 is 0. The SMILES string of the molecule is CCSc1ccccc1NC(=O)CCSCc1ccccc1. The summed E-state index contributed by atoms with van der Waals surface area (Å²) in [6, 6.07) is 18.3. The molecule has 1 amide bonds. The molecule has 2 aromatic carbocycles. The fraction of sp³-hybridized carbons (Fsp3) is 0.278. The summed E-state index contributed by atoms with van der Waals surface area (Å²) in [5, 5.41) is 3.02. The third kappa shape index (κ3) is 5.78. The van der Waals surface area contributed by atoms with Crippen LogP contribution in [0.15, 0.2) is 59.5 Å². The van der Waals surface area contributed by atoms with Gasteiger partial charge in [-0.15, -0.1) is 11.8 Å². The summed E-state index contributed by atoms with van der Waals surface area (Å²) in [6.07, 6.45) is 0.544. The van der Waals surface area contributed by atoms with Crippen LogP contribution < -0.4 is 5.32 Å². The van der Waals surface area contributed by atoms with E-state index < -0.39 is 0 Å². The van der Waals surface area contributed by atoms with Crippen LogP contribution in [0.5, 0.6) is 0 Å². The van der Waals surface area contributed by atoms with E-state index >= 15 is 0 Å². The molecule has 22 heavy (non-hydrogen) atoms. The second-order valence-corrected chi connectivity index (χ2v) is 7.18. The monoisotopic (exact) mass is 331 g/mol. The molecule has 2 nitrogen and oxygen atoms in total. The summed E-state index contributed by atoms with van der Waals surface area (Å²) in [6.45, 7) is 2.11. The first-order valence-electron chi connectivity index (χ1n) is 7.43. The van der Waals surface area contributed by atoms with Gasteiger partial charge in [-0.3, -0.25) is 4.79 Å². The number of nitrogens with one attached hydrogen (secondary N) is 1. The molecule has 0 fully saturated rings. The number of carbonyl (C=O) groups is 1. The molecule has 0 atom stereocenters. The number of hydrogen-bond acceptors (Lipinski definition) is 3. The van der Waals surface area contributed by atoms with E-state index in [-0.39, 0.29) is 5.91 Å². The van der Waals surface area contributed by atoms with Gasteiger partial charge in [-0.1, -0.05) is 49.4 Å². The predicted molar refractivity (Wildman–Crippen MR) is 98.7 cm³/mol. The maximum Gasteiger partial charge on any atom is 0.225 e. The van der Waals surface area contributed by atoms with E-state index in [0.29, 0.717) is 6.42 Å². The van der Waals surface area contributed by atoms with Crippen molar-refractivity contribution in [1.29, 1.82) is 0 Å². The maximum atomic E-state index is 12.0. The lowest BCUT2D eigenvalue weighted by atomic mass is 10.2. The van der Waals surface area contributed by atoms with Crippen molar-refractivity contribution in [3.05, 3.63) is 60.2 Å². The zero-order valence-corrected chi connectivity index (χ0v) is 14.4. The Bertz CT molecular complexity index is 587. The van der Waals surface area contributed by atoms with Gasteiger partial charge in [0.05, 0.1) is 5.69 Å². The first-order chi connectivity index (χ1) is 10.8. The van der Waals surface area contributed by atoms with Gasteiger partial charge in [-0.2, -0.15) is 11.8 Å². The van der Waals surface area contributed by atoms with Gasteiger partial charge in [-0.05, 0) is 23.4 Å². The molecule has 116 valence electrons. The molecule has 0 aliphatic carbocycles. The van der Waals surface area contributed by atoms with E-state index in [1.807, 2.05) is 42.5 Å². The minimum absolute atomic E-state index is 0.0877. The van der Waals surface area contributed by atoms with E-state index in [2.05, 4.69) is 24.4 Å². The van der Waals surface area contributed by atoms with Gasteiger partial charge < -0.3 is 5.32 Å². The quantitative estimate of drug-likeness (QED) is 0.541. The van der Waals surface area contributed by atoms with Crippen LogP contribution in [0.2, 0.25) is 0 Å². The topological polar surface area (TPSA) is 29.1 Å². The van der Waals surface area contributed by atoms with Gasteiger partial charge in [0.15, 0.2) is 0 Å². The molecule has 0 bridgehead atoms. The van der Waals surface area contributed by atoms with Crippen molar-refractivity contribution in [3.8, 4) is 0 Å². The van der Waals surface area contributed by atoms with Crippen LogP contribution in [0.4, 0.5) is 5.69 Å². The van der Waals surface area contributed by atoms with E-state index in [1.54, 1.807) is 23.5 Å². The number of amides is 1. The molecule has 0 radical (unpaired) electrons. The summed E-state index contributed by atoms with van der Waals surface area (Å²) in [5.74, 6) is 2.88. The molecule has 2 rings (SSSR count). The second kappa shape index (κ2) is 9.59. The number of hydrogen-bond donors (Lipinski definition) is 1. The van der Waals surface area contributed by atoms with Gasteiger partial charge in [0, 0.05) is 22.8 Å². The summed E-state index contributed by atoms with van der Waals surface area (Å²) >= 11 is 3.54. The average molecular weight is 332 g/mol. The molecule has 1 N–H and O–H groups in total. The van der Waals surface area contributed by atoms with Crippen LogP contribution in [-0.2, 0) is 10.5 Å². The van der Waals surface area contributed by atoms with Crippen molar-refractivity contribution in [2.75, 3.05) is 16.8 Å². The number of rotatable bonds is 8. The molecule has 0 aliphatic rings. The molecule has 0 aliphatic heterocycles. The molecular weight excluding hydrogens is 310 g/mol. The van der Waals surface area contributed by atoms with E-state index in [0.717, 1.165) is 27.8 Å². The molecule has 0 spiro atoms.